The van der Waals surface area contributed by atoms with Gasteiger partial charge in [-0.2, -0.15) is 0 Å². The number of carbonyl (C=O) groups excluding carboxylic acids is 2. The Morgan fingerprint density at radius 1 is 1.13 bits per heavy atom. The van der Waals surface area contributed by atoms with Gasteiger partial charge in [0.1, 0.15) is 5.75 Å². The highest BCUT2D eigenvalue weighted by Crippen LogP contribution is 2.27. The van der Waals surface area contributed by atoms with E-state index in [1.54, 1.807) is 42.5 Å². The number of para-hydroxylation sites is 1. The van der Waals surface area contributed by atoms with E-state index in [0.29, 0.717) is 23.4 Å². The summed E-state index contributed by atoms with van der Waals surface area (Å²) in [6, 6.07) is 14.1. The van der Waals surface area contributed by atoms with Gasteiger partial charge in [0, 0.05) is 5.69 Å². The van der Waals surface area contributed by atoms with Crippen LogP contribution in [0.5, 0.6) is 5.75 Å². The summed E-state index contributed by atoms with van der Waals surface area (Å²) in [5.41, 5.74) is 7.59. The lowest BCUT2D eigenvalue weighted by molar-refractivity contribution is -0.136. The molecule has 2 N–H and O–H groups in total. The lowest BCUT2D eigenvalue weighted by Gasteiger charge is -2.21. The molecule has 5 heteroatoms. The van der Waals surface area contributed by atoms with E-state index in [1.165, 1.54) is 4.90 Å². The van der Waals surface area contributed by atoms with Gasteiger partial charge in [-0.05, 0) is 36.2 Å². The van der Waals surface area contributed by atoms with Gasteiger partial charge < -0.3 is 10.5 Å². The fourth-order valence-electron chi connectivity index (χ4n) is 2.65. The maximum atomic E-state index is 12.8. The Labute approximate surface area is 134 Å². The molecule has 0 radical (unpaired) electrons. The summed E-state index contributed by atoms with van der Waals surface area (Å²) in [6.07, 6.45) is -0.169. The molecule has 0 aromatic heterocycles. The molecule has 1 unspecified atom stereocenters. The van der Waals surface area contributed by atoms with E-state index in [-0.39, 0.29) is 18.4 Å². The zero-order chi connectivity index (χ0) is 16.4. The van der Waals surface area contributed by atoms with Crippen LogP contribution in [0.4, 0.5) is 5.69 Å². The second-order valence-corrected chi connectivity index (χ2v) is 5.49. The van der Waals surface area contributed by atoms with Crippen LogP contribution in [0.3, 0.4) is 0 Å². The van der Waals surface area contributed by atoms with Crippen LogP contribution in [0.1, 0.15) is 29.3 Å². The largest absolute Gasteiger partial charge is 0.480 e. The molecule has 1 atom stereocenters. The number of anilines is 1. The van der Waals surface area contributed by atoms with Crippen molar-refractivity contribution in [1.82, 2.24) is 4.90 Å². The zero-order valence-electron chi connectivity index (χ0n) is 12.9. The predicted molar refractivity (Wildman–Crippen MR) is 86.9 cm³/mol. The van der Waals surface area contributed by atoms with Crippen molar-refractivity contribution in [1.29, 1.82) is 0 Å². The average molecular weight is 310 g/mol. The van der Waals surface area contributed by atoms with Crippen LogP contribution in [-0.4, -0.2) is 22.8 Å². The van der Waals surface area contributed by atoms with E-state index in [0.717, 1.165) is 5.56 Å². The highest BCUT2D eigenvalue weighted by atomic mass is 16.5. The predicted octanol–water partition coefficient (Wildman–Crippen LogP) is 2.61. The third-order valence-electron chi connectivity index (χ3n) is 3.84. The van der Waals surface area contributed by atoms with Crippen molar-refractivity contribution < 1.29 is 14.3 Å². The molecule has 0 aliphatic carbocycles. The molecule has 1 aliphatic rings. The van der Waals surface area contributed by atoms with Crippen LogP contribution < -0.4 is 10.5 Å². The molecule has 1 heterocycles. The molecular formula is C18H18N2O3. The Morgan fingerprint density at radius 2 is 1.91 bits per heavy atom. The van der Waals surface area contributed by atoms with Gasteiger partial charge in [0.15, 0.2) is 6.10 Å². The first-order valence-corrected chi connectivity index (χ1v) is 7.56. The van der Waals surface area contributed by atoms with Gasteiger partial charge in [0.25, 0.3) is 11.8 Å². The third kappa shape index (κ3) is 2.90. The highest BCUT2D eigenvalue weighted by Gasteiger charge is 2.35. The fourth-order valence-corrected chi connectivity index (χ4v) is 2.65. The monoisotopic (exact) mass is 310 g/mol. The van der Waals surface area contributed by atoms with Crippen molar-refractivity contribution in [3.63, 3.8) is 0 Å². The molecule has 2 aromatic carbocycles. The number of nitrogens with two attached hydrogens (primary N) is 1. The quantitative estimate of drug-likeness (QED) is 0.698. The van der Waals surface area contributed by atoms with E-state index in [1.807, 2.05) is 13.0 Å². The van der Waals surface area contributed by atoms with E-state index in [9.17, 15) is 9.59 Å². The maximum absolute atomic E-state index is 12.8. The molecule has 3 rings (SSSR count). The SMILES string of the molecule is CCC1Oc2ccccc2C(=O)N(Cc2cccc(N)c2)C1=O. The number of ether oxygens (including phenoxy) is 1. The van der Waals surface area contributed by atoms with Gasteiger partial charge in [0.2, 0.25) is 0 Å². The molecule has 0 bridgehead atoms. The van der Waals surface area contributed by atoms with Crippen LogP contribution in [0.2, 0.25) is 0 Å². The maximum Gasteiger partial charge on any atom is 0.270 e. The number of nitrogens with zero attached hydrogens (tertiary/aromatic N) is 1. The molecule has 1 aliphatic heterocycles. The van der Waals surface area contributed by atoms with E-state index in [2.05, 4.69) is 0 Å². The summed E-state index contributed by atoms with van der Waals surface area (Å²) in [6.45, 7) is 2.04. The van der Waals surface area contributed by atoms with Crippen molar-refractivity contribution in [2.75, 3.05) is 5.73 Å². The van der Waals surface area contributed by atoms with Gasteiger partial charge in [-0.3, -0.25) is 14.5 Å². The number of hydrogen-bond acceptors (Lipinski definition) is 4. The number of benzene rings is 2. The molecule has 0 saturated carbocycles. The van der Waals surface area contributed by atoms with Gasteiger partial charge in [-0.1, -0.05) is 31.2 Å². The number of fused-ring (bicyclic) bond motifs is 1. The minimum atomic E-state index is -0.663. The smallest absolute Gasteiger partial charge is 0.270 e. The molecule has 5 nitrogen and oxygen atoms in total. The van der Waals surface area contributed by atoms with Crippen LogP contribution >= 0.6 is 0 Å². The van der Waals surface area contributed by atoms with Crippen molar-refractivity contribution in [3.8, 4) is 5.75 Å². The number of amides is 2. The molecule has 0 fully saturated rings. The van der Waals surface area contributed by atoms with Crippen molar-refractivity contribution in [3.05, 3.63) is 59.7 Å². The molecular weight excluding hydrogens is 292 g/mol. The Balaban J connectivity index is 2.00. The summed E-state index contributed by atoms with van der Waals surface area (Å²) in [4.78, 5) is 26.7. The highest BCUT2D eigenvalue weighted by molar-refractivity contribution is 6.08. The van der Waals surface area contributed by atoms with Crippen molar-refractivity contribution in [2.45, 2.75) is 26.0 Å². The van der Waals surface area contributed by atoms with Crippen molar-refractivity contribution in [2.24, 2.45) is 0 Å². The van der Waals surface area contributed by atoms with E-state index >= 15 is 0 Å². The summed E-state index contributed by atoms with van der Waals surface area (Å²) in [7, 11) is 0. The molecule has 118 valence electrons. The first kappa shape index (κ1) is 15.1. The lowest BCUT2D eigenvalue weighted by Crippen LogP contribution is -2.42. The Hall–Kier alpha value is -2.82. The number of hydrogen-bond donors (Lipinski definition) is 1. The summed E-state index contributed by atoms with van der Waals surface area (Å²) < 4.78 is 5.74. The Kier molecular flexibility index (Phi) is 4.02. The Bertz CT molecular complexity index is 757. The number of nitrogen functional groups attached to an aromatic ring is 1. The normalized spacial score (nSPS) is 17.4. The van der Waals surface area contributed by atoms with Crippen LogP contribution in [0, 0.1) is 0 Å². The molecule has 2 aromatic rings. The van der Waals surface area contributed by atoms with Crippen molar-refractivity contribution >= 4 is 17.5 Å². The zero-order valence-corrected chi connectivity index (χ0v) is 12.9. The number of rotatable bonds is 3. The first-order valence-electron chi connectivity index (χ1n) is 7.56. The van der Waals surface area contributed by atoms with Crippen LogP contribution in [0.15, 0.2) is 48.5 Å². The van der Waals surface area contributed by atoms with E-state index < -0.39 is 6.10 Å². The second kappa shape index (κ2) is 6.12. The standard InChI is InChI=1S/C18H18N2O3/c1-2-15-18(22)20(11-12-6-5-7-13(19)10-12)17(21)14-8-3-4-9-16(14)23-15/h3-10,15H,2,11,19H2,1H3. The summed E-state index contributed by atoms with van der Waals surface area (Å²) >= 11 is 0. The minimum absolute atomic E-state index is 0.177. The van der Waals surface area contributed by atoms with Gasteiger partial charge >= 0.3 is 0 Å². The second-order valence-electron chi connectivity index (χ2n) is 5.49. The van der Waals surface area contributed by atoms with E-state index in [4.69, 9.17) is 10.5 Å². The lowest BCUT2D eigenvalue weighted by atomic mass is 10.1. The van der Waals surface area contributed by atoms with Gasteiger partial charge in [-0.25, -0.2) is 0 Å². The fraction of sp³-hybridized carbons (Fsp3) is 0.222. The van der Waals surface area contributed by atoms with Crippen LogP contribution in [0.25, 0.3) is 0 Å². The molecule has 2 amide bonds. The molecule has 23 heavy (non-hydrogen) atoms. The minimum Gasteiger partial charge on any atom is -0.480 e. The summed E-state index contributed by atoms with van der Waals surface area (Å²) in [5.74, 6) is -0.215. The Morgan fingerprint density at radius 3 is 2.65 bits per heavy atom. The molecule has 0 saturated heterocycles. The first-order chi connectivity index (χ1) is 11.1. The summed E-state index contributed by atoms with van der Waals surface area (Å²) in [5, 5.41) is 0. The van der Waals surface area contributed by atoms with Gasteiger partial charge in [0.05, 0.1) is 12.1 Å². The third-order valence-corrected chi connectivity index (χ3v) is 3.84. The van der Waals surface area contributed by atoms with Crippen LogP contribution in [-0.2, 0) is 11.3 Å². The molecule has 0 spiro atoms. The van der Waals surface area contributed by atoms with Gasteiger partial charge in [-0.15, -0.1) is 0 Å². The number of imide groups is 1. The number of carbonyl (C=O) groups is 2. The topological polar surface area (TPSA) is 72.6 Å². The average Bonchev–Trinajstić information content (AvgIpc) is 2.65.